The molecule has 188 valence electrons. The molecule has 0 atom stereocenters. The molecule has 35 heavy (non-hydrogen) atoms. The van der Waals surface area contributed by atoms with Gasteiger partial charge in [0.25, 0.3) is 0 Å². The molecule has 0 spiro atoms. The summed E-state index contributed by atoms with van der Waals surface area (Å²) in [5, 5.41) is 7.88. The van der Waals surface area contributed by atoms with Crippen LogP contribution < -0.4 is 20.3 Å². The van der Waals surface area contributed by atoms with E-state index in [2.05, 4.69) is 34.9 Å². The van der Waals surface area contributed by atoms with Gasteiger partial charge in [-0.25, -0.2) is 10.9 Å². The molecule has 2 N–H and O–H groups in total. The molecule has 0 aliphatic carbocycles. The minimum Gasteiger partial charge on any atom is -0.494 e. The fourth-order valence-electron chi connectivity index (χ4n) is 2.90. The van der Waals surface area contributed by atoms with Crippen molar-refractivity contribution in [1.82, 2.24) is 10.9 Å². The molecule has 2 aromatic rings. The monoisotopic (exact) mass is 480 g/mol. The van der Waals surface area contributed by atoms with Gasteiger partial charge >= 0.3 is 0 Å². The number of carbonyl (C=O) groups excluding carboxylic acids is 2. The largest absolute Gasteiger partial charge is 0.494 e. The molecule has 8 heteroatoms. The first-order valence-corrected chi connectivity index (χ1v) is 12.1. The number of amides is 2. The van der Waals surface area contributed by atoms with Crippen LogP contribution in [-0.4, -0.2) is 37.0 Å². The van der Waals surface area contributed by atoms with Crippen LogP contribution in [0.4, 0.5) is 0 Å². The number of hydrogen-bond acceptors (Lipinski definition) is 6. The SMILES string of the molecule is CCCCOc1ccc(CC(=O)N/N=C\C(C)=N\NC(=O)Cc2ccc(OCCCC)cc2)cc1. The second-order valence-electron chi connectivity index (χ2n) is 8.13. The first-order valence-electron chi connectivity index (χ1n) is 12.1. The van der Waals surface area contributed by atoms with Crippen LogP contribution in [0.2, 0.25) is 0 Å². The molecule has 0 aliphatic heterocycles. The summed E-state index contributed by atoms with van der Waals surface area (Å²) < 4.78 is 11.2. The van der Waals surface area contributed by atoms with E-state index in [9.17, 15) is 9.59 Å². The lowest BCUT2D eigenvalue weighted by Gasteiger charge is -2.06. The standard InChI is InChI=1S/C27H36N4O4/c1-4-6-16-34-24-12-8-22(9-13-24)18-26(32)30-28-20-21(3)29-31-27(33)19-23-10-14-25(15-11-23)35-17-7-5-2/h8-15,20H,4-7,16-19H2,1-3H3,(H,30,32)(H,31,33)/b28-20-,29-21+. The zero-order valence-corrected chi connectivity index (χ0v) is 20.9. The number of carbonyl (C=O) groups is 2. The van der Waals surface area contributed by atoms with Gasteiger partial charge in [-0.1, -0.05) is 51.0 Å². The number of rotatable bonds is 15. The summed E-state index contributed by atoms with van der Waals surface area (Å²) in [4.78, 5) is 24.2. The first kappa shape index (κ1) is 27.6. The lowest BCUT2D eigenvalue weighted by Crippen LogP contribution is -2.22. The molecule has 0 unspecified atom stereocenters. The molecule has 0 fully saturated rings. The maximum Gasteiger partial charge on any atom is 0.244 e. The lowest BCUT2D eigenvalue weighted by molar-refractivity contribution is -0.121. The van der Waals surface area contributed by atoms with Gasteiger partial charge in [0.15, 0.2) is 0 Å². The minimum atomic E-state index is -0.250. The molecule has 0 radical (unpaired) electrons. The molecule has 0 saturated heterocycles. The summed E-state index contributed by atoms with van der Waals surface area (Å²) in [6.45, 7) is 7.28. The van der Waals surface area contributed by atoms with Crippen molar-refractivity contribution in [1.29, 1.82) is 0 Å². The van der Waals surface area contributed by atoms with Crippen molar-refractivity contribution in [3.63, 3.8) is 0 Å². The summed E-state index contributed by atoms with van der Waals surface area (Å²) in [6, 6.07) is 14.9. The highest BCUT2D eigenvalue weighted by atomic mass is 16.5. The third kappa shape index (κ3) is 11.8. The molecule has 2 aromatic carbocycles. The summed E-state index contributed by atoms with van der Waals surface area (Å²) in [5.41, 5.74) is 7.13. The molecule has 2 amide bonds. The van der Waals surface area contributed by atoms with Crippen LogP contribution in [0.1, 0.15) is 57.6 Å². The Kier molecular flexibility index (Phi) is 12.6. The van der Waals surface area contributed by atoms with E-state index in [1.807, 2.05) is 48.5 Å². The fraction of sp³-hybridized carbons (Fsp3) is 0.407. The third-order valence-electron chi connectivity index (χ3n) is 4.91. The zero-order chi connectivity index (χ0) is 25.3. The number of hydrogen-bond donors (Lipinski definition) is 2. The van der Waals surface area contributed by atoms with Crippen molar-refractivity contribution in [2.24, 2.45) is 10.2 Å². The molecule has 0 saturated carbocycles. The van der Waals surface area contributed by atoms with Crippen molar-refractivity contribution in [3.05, 3.63) is 59.7 Å². The van der Waals surface area contributed by atoms with Crippen LogP contribution in [0.3, 0.4) is 0 Å². The summed E-state index contributed by atoms with van der Waals surface area (Å²) in [5.74, 6) is 1.09. The van der Waals surface area contributed by atoms with E-state index in [0.717, 1.165) is 48.3 Å². The van der Waals surface area contributed by atoms with Gasteiger partial charge in [-0.2, -0.15) is 10.2 Å². The van der Waals surface area contributed by atoms with Crippen LogP contribution in [0.15, 0.2) is 58.7 Å². The Morgan fingerprint density at radius 3 is 1.69 bits per heavy atom. The van der Waals surface area contributed by atoms with Crippen molar-refractivity contribution >= 4 is 23.7 Å². The van der Waals surface area contributed by atoms with Crippen LogP contribution >= 0.6 is 0 Å². The van der Waals surface area contributed by atoms with E-state index in [0.29, 0.717) is 18.9 Å². The van der Waals surface area contributed by atoms with E-state index in [4.69, 9.17) is 9.47 Å². The van der Waals surface area contributed by atoms with E-state index in [1.54, 1.807) is 6.92 Å². The third-order valence-corrected chi connectivity index (χ3v) is 4.91. The average molecular weight is 481 g/mol. The molecule has 0 heterocycles. The van der Waals surface area contributed by atoms with Gasteiger partial charge in [0.1, 0.15) is 11.5 Å². The van der Waals surface area contributed by atoms with Gasteiger partial charge in [0.2, 0.25) is 11.8 Å². The van der Waals surface area contributed by atoms with Crippen LogP contribution in [0.5, 0.6) is 11.5 Å². The second kappa shape index (κ2) is 16.0. The maximum atomic E-state index is 12.1. The highest BCUT2D eigenvalue weighted by Crippen LogP contribution is 2.14. The predicted molar refractivity (Wildman–Crippen MR) is 139 cm³/mol. The van der Waals surface area contributed by atoms with Crippen molar-refractivity contribution < 1.29 is 19.1 Å². The number of ether oxygens (including phenoxy) is 2. The van der Waals surface area contributed by atoms with Crippen LogP contribution in [0.25, 0.3) is 0 Å². The van der Waals surface area contributed by atoms with Gasteiger partial charge in [-0.15, -0.1) is 0 Å². The number of unbranched alkanes of at least 4 members (excludes halogenated alkanes) is 2. The minimum absolute atomic E-state index is 0.196. The van der Waals surface area contributed by atoms with Gasteiger partial charge in [-0.3, -0.25) is 9.59 Å². The smallest absolute Gasteiger partial charge is 0.244 e. The average Bonchev–Trinajstić information content (AvgIpc) is 2.85. The van der Waals surface area contributed by atoms with Crippen LogP contribution in [0, 0.1) is 0 Å². The van der Waals surface area contributed by atoms with E-state index in [-0.39, 0.29) is 24.7 Å². The quantitative estimate of drug-likeness (QED) is 0.224. The molecule has 2 rings (SSSR count). The van der Waals surface area contributed by atoms with Gasteiger partial charge in [0.05, 0.1) is 38.0 Å². The number of nitrogens with one attached hydrogen (secondary N) is 2. The Morgan fingerprint density at radius 1 is 0.771 bits per heavy atom. The Hall–Kier alpha value is -3.68. The first-order chi connectivity index (χ1) is 17.0. The van der Waals surface area contributed by atoms with Crippen molar-refractivity contribution in [2.75, 3.05) is 13.2 Å². The summed E-state index contributed by atoms with van der Waals surface area (Å²) >= 11 is 0. The van der Waals surface area contributed by atoms with Gasteiger partial charge in [-0.05, 0) is 55.2 Å². The second-order valence-corrected chi connectivity index (χ2v) is 8.13. The molecular weight excluding hydrogens is 444 g/mol. The maximum absolute atomic E-state index is 12.1. The molecular formula is C27H36N4O4. The van der Waals surface area contributed by atoms with Gasteiger partial charge < -0.3 is 9.47 Å². The Labute approximate surface area is 207 Å². The lowest BCUT2D eigenvalue weighted by atomic mass is 10.1. The topological polar surface area (TPSA) is 101 Å². The normalized spacial score (nSPS) is 11.3. The Morgan fingerprint density at radius 2 is 1.23 bits per heavy atom. The van der Waals surface area contributed by atoms with E-state index in [1.165, 1.54) is 6.21 Å². The molecule has 0 bridgehead atoms. The van der Waals surface area contributed by atoms with Crippen molar-refractivity contribution in [2.45, 2.75) is 59.3 Å². The number of hydrazone groups is 2. The van der Waals surface area contributed by atoms with E-state index < -0.39 is 0 Å². The summed E-state index contributed by atoms with van der Waals surface area (Å²) in [6.07, 6.45) is 5.96. The summed E-state index contributed by atoms with van der Waals surface area (Å²) in [7, 11) is 0. The highest BCUT2D eigenvalue weighted by Gasteiger charge is 2.04. The van der Waals surface area contributed by atoms with Gasteiger partial charge in [0, 0.05) is 0 Å². The van der Waals surface area contributed by atoms with E-state index >= 15 is 0 Å². The fourth-order valence-corrected chi connectivity index (χ4v) is 2.90. The highest BCUT2D eigenvalue weighted by molar-refractivity contribution is 6.29. The van der Waals surface area contributed by atoms with Crippen molar-refractivity contribution in [3.8, 4) is 11.5 Å². The predicted octanol–water partition coefficient (Wildman–Crippen LogP) is 4.42. The van der Waals surface area contributed by atoms with Crippen LogP contribution in [-0.2, 0) is 22.4 Å². The molecule has 8 nitrogen and oxygen atoms in total. The Bertz CT molecular complexity index is 970. The Balaban J connectivity index is 1.70. The number of benzene rings is 2. The zero-order valence-electron chi connectivity index (χ0n) is 20.9. The molecule has 0 aromatic heterocycles. The molecule has 0 aliphatic rings. The number of nitrogens with zero attached hydrogens (tertiary/aromatic N) is 2.